The highest BCUT2D eigenvalue weighted by molar-refractivity contribution is 5.69. The van der Waals surface area contributed by atoms with Crippen molar-refractivity contribution in [1.82, 2.24) is 4.90 Å². The largest absolute Gasteiger partial charge is 0.444 e. The molecule has 1 aromatic carbocycles. The number of carbonyl (C=O) groups is 1. The average molecular weight is 288 g/mol. The summed E-state index contributed by atoms with van der Waals surface area (Å²) in [6.45, 7) is 7.11. The molecule has 0 aromatic heterocycles. The molecule has 0 bridgehead atoms. The Morgan fingerprint density at radius 2 is 1.95 bits per heavy atom. The van der Waals surface area contributed by atoms with Crippen molar-refractivity contribution in [2.75, 3.05) is 18.4 Å². The summed E-state index contributed by atoms with van der Waals surface area (Å²) in [5, 5.41) is 3.51. The number of nitrogens with one attached hydrogen (secondary N) is 1. The monoisotopic (exact) mass is 288 g/mol. The number of fused-ring (bicyclic) bond motifs is 1. The minimum absolute atomic E-state index is 0.213. The van der Waals surface area contributed by atoms with Crippen molar-refractivity contribution < 1.29 is 9.53 Å². The van der Waals surface area contributed by atoms with Gasteiger partial charge in [-0.2, -0.15) is 0 Å². The van der Waals surface area contributed by atoms with Crippen molar-refractivity contribution in [3.8, 4) is 0 Å². The molecular weight excluding hydrogens is 264 g/mol. The molecule has 3 rings (SSSR count). The Balaban J connectivity index is 1.50. The van der Waals surface area contributed by atoms with Gasteiger partial charge >= 0.3 is 6.09 Å². The number of nitrogens with zero attached hydrogens (tertiary/aromatic N) is 1. The molecule has 1 N–H and O–H groups in total. The predicted octanol–water partition coefficient (Wildman–Crippen LogP) is 3.21. The summed E-state index contributed by atoms with van der Waals surface area (Å²) in [7, 11) is 0. The van der Waals surface area contributed by atoms with Gasteiger partial charge in [0.15, 0.2) is 0 Å². The Bertz CT molecular complexity index is 542. The molecule has 0 saturated carbocycles. The first-order chi connectivity index (χ1) is 9.90. The van der Waals surface area contributed by atoms with E-state index in [0.29, 0.717) is 19.1 Å². The lowest BCUT2D eigenvalue weighted by atomic mass is 10.1. The van der Waals surface area contributed by atoms with Gasteiger partial charge < -0.3 is 15.0 Å². The molecule has 4 heteroatoms. The fraction of sp³-hybridized carbons (Fsp3) is 0.588. The minimum Gasteiger partial charge on any atom is -0.444 e. The number of ether oxygens (including phenoxy) is 1. The number of hydrogen-bond acceptors (Lipinski definition) is 3. The maximum atomic E-state index is 11.9. The van der Waals surface area contributed by atoms with Gasteiger partial charge in [0.1, 0.15) is 5.60 Å². The smallest absolute Gasteiger partial charge is 0.410 e. The first-order valence-electron chi connectivity index (χ1n) is 7.77. The van der Waals surface area contributed by atoms with Crippen molar-refractivity contribution >= 4 is 11.8 Å². The summed E-state index contributed by atoms with van der Waals surface area (Å²) >= 11 is 0. The van der Waals surface area contributed by atoms with Crippen LogP contribution in [-0.2, 0) is 17.6 Å². The van der Waals surface area contributed by atoms with Gasteiger partial charge in [-0.25, -0.2) is 4.79 Å². The molecule has 1 saturated heterocycles. The molecular formula is C17H24N2O2. The minimum atomic E-state index is -0.421. The summed E-state index contributed by atoms with van der Waals surface area (Å²) < 4.78 is 5.36. The van der Waals surface area contributed by atoms with E-state index in [0.717, 1.165) is 0 Å². The van der Waals surface area contributed by atoms with Crippen LogP contribution in [0.4, 0.5) is 10.5 Å². The summed E-state index contributed by atoms with van der Waals surface area (Å²) in [6.07, 6.45) is 3.47. The Hall–Kier alpha value is -1.71. The van der Waals surface area contributed by atoms with Gasteiger partial charge in [-0.3, -0.25) is 0 Å². The number of benzene rings is 1. The topological polar surface area (TPSA) is 41.6 Å². The summed E-state index contributed by atoms with van der Waals surface area (Å²) in [6, 6.07) is 6.98. The van der Waals surface area contributed by atoms with Crippen LogP contribution in [0.15, 0.2) is 18.2 Å². The highest BCUT2D eigenvalue weighted by Crippen LogP contribution is 2.26. The van der Waals surface area contributed by atoms with E-state index < -0.39 is 5.60 Å². The third-order valence-corrected chi connectivity index (χ3v) is 4.00. The molecule has 0 spiro atoms. The fourth-order valence-electron chi connectivity index (χ4n) is 2.94. The number of amides is 1. The van der Waals surface area contributed by atoms with Gasteiger partial charge in [0.2, 0.25) is 0 Å². The number of carbonyl (C=O) groups excluding carboxylic acids is 1. The molecule has 1 fully saturated rings. The first kappa shape index (κ1) is 14.2. The van der Waals surface area contributed by atoms with Crippen LogP contribution in [0, 0.1) is 0 Å². The lowest BCUT2D eigenvalue weighted by molar-refractivity contribution is 0.0105. The number of aryl methyl sites for hydroxylation is 2. The van der Waals surface area contributed by atoms with Crippen LogP contribution in [0.3, 0.4) is 0 Å². The fourth-order valence-corrected chi connectivity index (χ4v) is 2.94. The lowest BCUT2D eigenvalue weighted by Crippen LogP contribution is -2.57. The third kappa shape index (κ3) is 3.31. The van der Waals surface area contributed by atoms with E-state index in [-0.39, 0.29) is 6.09 Å². The maximum Gasteiger partial charge on any atom is 0.410 e. The van der Waals surface area contributed by atoms with Crippen LogP contribution in [0.1, 0.15) is 38.3 Å². The van der Waals surface area contributed by atoms with Gasteiger partial charge in [0, 0.05) is 18.8 Å². The molecule has 0 radical (unpaired) electrons. The van der Waals surface area contributed by atoms with E-state index in [9.17, 15) is 4.79 Å². The highest BCUT2D eigenvalue weighted by Gasteiger charge is 2.33. The molecule has 1 aliphatic heterocycles. The Kier molecular flexibility index (Phi) is 3.56. The summed E-state index contributed by atoms with van der Waals surface area (Å²) in [5.41, 5.74) is 3.72. The number of hydrogen-bond donors (Lipinski definition) is 1. The van der Waals surface area contributed by atoms with Gasteiger partial charge in [-0.05, 0) is 63.3 Å². The van der Waals surface area contributed by atoms with Crippen LogP contribution in [0.5, 0.6) is 0 Å². The SMILES string of the molecule is CC(C)(C)OC(=O)N1CC(Nc2ccc3c(c2)CCC3)C1. The van der Waals surface area contributed by atoms with E-state index in [1.165, 1.54) is 36.1 Å². The standard InChI is InChI=1S/C17H24N2O2/c1-17(2,3)21-16(20)19-10-15(11-19)18-14-8-7-12-5-4-6-13(12)9-14/h7-9,15,18H,4-6,10-11H2,1-3H3. The number of rotatable bonds is 2. The van der Waals surface area contributed by atoms with Crippen LogP contribution in [-0.4, -0.2) is 35.7 Å². The van der Waals surface area contributed by atoms with Crippen molar-refractivity contribution in [3.63, 3.8) is 0 Å². The molecule has 1 aromatic rings. The van der Waals surface area contributed by atoms with Crippen molar-refractivity contribution in [2.45, 2.75) is 51.7 Å². The van der Waals surface area contributed by atoms with Gasteiger partial charge in [-0.15, -0.1) is 0 Å². The van der Waals surface area contributed by atoms with E-state index in [1.807, 2.05) is 20.8 Å². The Labute approximate surface area is 126 Å². The van der Waals surface area contributed by atoms with Crippen molar-refractivity contribution in [3.05, 3.63) is 29.3 Å². The van der Waals surface area contributed by atoms with Crippen LogP contribution in [0.25, 0.3) is 0 Å². The maximum absolute atomic E-state index is 11.9. The zero-order chi connectivity index (χ0) is 15.0. The van der Waals surface area contributed by atoms with Gasteiger partial charge in [0.25, 0.3) is 0 Å². The van der Waals surface area contributed by atoms with Gasteiger partial charge in [-0.1, -0.05) is 6.07 Å². The van der Waals surface area contributed by atoms with E-state index in [4.69, 9.17) is 4.74 Å². The number of anilines is 1. The molecule has 1 amide bonds. The van der Waals surface area contributed by atoms with E-state index in [2.05, 4.69) is 23.5 Å². The normalized spacial score (nSPS) is 18.1. The molecule has 114 valence electrons. The van der Waals surface area contributed by atoms with Crippen molar-refractivity contribution in [2.24, 2.45) is 0 Å². The molecule has 2 aliphatic rings. The molecule has 1 heterocycles. The Morgan fingerprint density at radius 3 is 2.67 bits per heavy atom. The highest BCUT2D eigenvalue weighted by atomic mass is 16.6. The van der Waals surface area contributed by atoms with E-state index in [1.54, 1.807) is 4.90 Å². The third-order valence-electron chi connectivity index (χ3n) is 4.00. The summed E-state index contributed by atoms with van der Waals surface area (Å²) in [5.74, 6) is 0. The molecule has 21 heavy (non-hydrogen) atoms. The lowest BCUT2D eigenvalue weighted by Gasteiger charge is -2.40. The van der Waals surface area contributed by atoms with Crippen LogP contribution >= 0.6 is 0 Å². The molecule has 4 nitrogen and oxygen atoms in total. The second-order valence-corrected chi connectivity index (χ2v) is 7.06. The quantitative estimate of drug-likeness (QED) is 0.908. The van der Waals surface area contributed by atoms with Gasteiger partial charge in [0.05, 0.1) is 6.04 Å². The molecule has 0 atom stereocenters. The second-order valence-electron chi connectivity index (χ2n) is 7.06. The molecule has 0 unspecified atom stereocenters. The summed E-state index contributed by atoms with van der Waals surface area (Å²) in [4.78, 5) is 13.6. The molecule has 1 aliphatic carbocycles. The second kappa shape index (κ2) is 5.24. The first-order valence-corrected chi connectivity index (χ1v) is 7.77. The van der Waals surface area contributed by atoms with Crippen LogP contribution in [0.2, 0.25) is 0 Å². The number of likely N-dealkylation sites (tertiary alicyclic amines) is 1. The van der Waals surface area contributed by atoms with Crippen LogP contribution < -0.4 is 5.32 Å². The predicted molar refractivity (Wildman–Crippen MR) is 83.7 cm³/mol. The Morgan fingerprint density at radius 1 is 1.24 bits per heavy atom. The average Bonchev–Trinajstić information content (AvgIpc) is 2.77. The van der Waals surface area contributed by atoms with Crippen molar-refractivity contribution in [1.29, 1.82) is 0 Å². The zero-order valence-electron chi connectivity index (χ0n) is 13.1. The zero-order valence-corrected chi connectivity index (χ0v) is 13.1. The van der Waals surface area contributed by atoms with E-state index >= 15 is 0 Å².